The average molecular weight is 256 g/mol. The molecule has 0 bridgehead atoms. The van der Waals surface area contributed by atoms with Gasteiger partial charge in [0.15, 0.2) is 5.78 Å². The predicted octanol–water partition coefficient (Wildman–Crippen LogP) is 4.46. The lowest BCUT2D eigenvalue weighted by Crippen LogP contribution is -2.13. The molecule has 0 radical (unpaired) electrons. The minimum Gasteiger partial charge on any atom is -0.294 e. The van der Waals surface area contributed by atoms with Gasteiger partial charge in [0.1, 0.15) is 0 Å². The second-order valence-corrected chi connectivity index (χ2v) is 6.65. The number of rotatable bonds is 2. The van der Waals surface area contributed by atoms with Crippen molar-refractivity contribution in [2.24, 2.45) is 17.8 Å². The zero-order chi connectivity index (χ0) is 13.9. The summed E-state index contributed by atoms with van der Waals surface area (Å²) in [6, 6.07) is 0. The van der Waals surface area contributed by atoms with E-state index in [0.717, 1.165) is 5.56 Å². The van der Waals surface area contributed by atoms with Crippen LogP contribution in [0.3, 0.4) is 0 Å². The van der Waals surface area contributed by atoms with Crippen LogP contribution in [0.5, 0.6) is 0 Å². The average Bonchev–Trinajstić information content (AvgIpc) is 2.87. The predicted molar refractivity (Wildman–Crippen MR) is 78.8 cm³/mol. The monoisotopic (exact) mass is 256 g/mol. The highest BCUT2D eigenvalue weighted by molar-refractivity contribution is 6.03. The fourth-order valence-corrected chi connectivity index (χ4v) is 4.25. The Morgan fingerprint density at radius 2 is 1.21 bits per heavy atom. The van der Waals surface area contributed by atoms with E-state index < -0.39 is 0 Å². The van der Waals surface area contributed by atoms with Crippen LogP contribution in [0.15, 0.2) is 0 Å². The van der Waals surface area contributed by atoms with Gasteiger partial charge >= 0.3 is 0 Å². The summed E-state index contributed by atoms with van der Waals surface area (Å²) >= 11 is 0. The normalized spacial score (nSPS) is 28.4. The minimum absolute atomic E-state index is 0.354. The van der Waals surface area contributed by atoms with Gasteiger partial charge in [-0.15, -0.1) is 0 Å². The highest BCUT2D eigenvalue weighted by Gasteiger charge is 2.56. The Morgan fingerprint density at radius 3 is 1.68 bits per heavy atom. The Balaban J connectivity index is 2.04. The maximum Gasteiger partial charge on any atom is 0.167 e. The number of Topliss-reactive ketones (excluding diaryl/α,β-unsaturated/α-hetero) is 1. The van der Waals surface area contributed by atoms with Gasteiger partial charge in [0.2, 0.25) is 0 Å². The molecule has 102 valence electrons. The Kier molecular flexibility index (Phi) is 2.85. The molecule has 2 aliphatic rings. The van der Waals surface area contributed by atoms with E-state index in [-0.39, 0.29) is 0 Å². The van der Waals surface area contributed by atoms with Crippen LogP contribution in [0.2, 0.25) is 0 Å². The molecule has 2 atom stereocenters. The van der Waals surface area contributed by atoms with E-state index in [9.17, 15) is 4.79 Å². The van der Waals surface area contributed by atoms with Gasteiger partial charge in [0, 0.05) is 11.5 Å². The highest BCUT2D eigenvalue weighted by atomic mass is 16.1. The van der Waals surface area contributed by atoms with Crippen LogP contribution < -0.4 is 0 Å². The molecule has 0 heterocycles. The van der Waals surface area contributed by atoms with Gasteiger partial charge in [-0.25, -0.2) is 0 Å². The molecule has 0 aliphatic heterocycles. The topological polar surface area (TPSA) is 17.1 Å². The first-order chi connectivity index (χ1) is 8.95. The molecule has 1 nitrogen and oxygen atoms in total. The molecule has 2 aliphatic carbocycles. The van der Waals surface area contributed by atoms with Crippen LogP contribution >= 0.6 is 0 Å². The second-order valence-electron chi connectivity index (χ2n) is 6.65. The highest BCUT2D eigenvalue weighted by Crippen LogP contribution is 2.58. The van der Waals surface area contributed by atoms with Crippen molar-refractivity contribution >= 4 is 5.78 Å². The van der Waals surface area contributed by atoms with E-state index in [1.807, 2.05) is 0 Å². The number of hydrogen-bond acceptors (Lipinski definition) is 1. The lowest BCUT2D eigenvalue weighted by Gasteiger charge is -2.18. The maximum absolute atomic E-state index is 12.9. The summed E-state index contributed by atoms with van der Waals surface area (Å²) in [5.74, 6) is 2.23. The third-order valence-electron chi connectivity index (χ3n) is 5.96. The number of benzene rings is 1. The standard InChI is InChI=1S/C18H24O/c1-9-10(2)12(4)16(13(5)11(9)3)18(19)17-14-7-6-8-15(14)17/h14-15,17H,6-8H2,1-5H3. The van der Waals surface area contributed by atoms with Gasteiger partial charge in [0.05, 0.1) is 0 Å². The molecule has 19 heavy (non-hydrogen) atoms. The molecule has 0 N–H and O–H groups in total. The summed E-state index contributed by atoms with van der Waals surface area (Å²) in [6.07, 6.45) is 3.90. The number of hydrogen-bond donors (Lipinski definition) is 0. The Bertz CT molecular complexity index is 529. The van der Waals surface area contributed by atoms with Gasteiger partial charge in [0.25, 0.3) is 0 Å². The lowest BCUT2D eigenvalue weighted by molar-refractivity contribution is 0.0950. The molecule has 0 amide bonds. The summed E-state index contributed by atoms with van der Waals surface area (Å²) in [5.41, 5.74) is 7.43. The zero-order valence-corrected chi connectivity index (χ0v) is 12.8. The van der Waals surface area contributed by atoms with Crippen molar-refractivity contribution < 1.29 is 4.79 Å². The minimum atomic E-state index is 0.354. The van der Waals surface area contributed by atoms with Crippen LogP contribution in [-0.4, -0.2) is 5.78 Å². The fraction of sp³-hybridized carbons (Fsp3) is 0.611. The summed E-state index contributed by atoms with van der Waals surface area (Å²) < 4.78 is 0. The molecule has 2 unspecified atom stereocenters. The van der Waals surface area contributed by atoms with Crippen LogP contribution in [-0.2, 0) is 0 Å². The van der Waals surface area contributed by atoms with Gasteiger partial charge < -0.3 is 0 Å². The molecule has 1 aromatic rings. The molecular formula is C18H24O. The SMILES string of the molecule is Cc1c(C)c(C)c(C(=O)C2C3CCCC32)c(C)c1C. The summed E-state index contributed by atoms with van der Waals surface area (Å²) in [6.45, 7) is 10.7. The van der Waals surface area contributed by atoms with E-state index in [1.165, 1.54) is 47.1 Å². The number of fused-ring (bicyclic) bond motifs is 1. The van der Waals surface area contributed by atoms with Crippen LogP contribution in [0.1, 0.15) is 57.4 Å². The van der Waals surface area contributed by atoms with Crippen LogP contribution in [0, 0.1) is 52.4 Å². The van der Waals surface area contributed by atoms with Crippen molar-refractivity contribution in [1.29, 1.82) is 0 Å². The van der Waals surface area contributed by atoms with Crippen LogP contribution in [0.25, 0.3) is 0 Å². The van der Waals surface area contributed by atoms with Crippen LogP contribution in [0.4, 0.5) is 0 Å². The van der Waals surface area contributed by atoms with Gasteiger partial charge in [-0.2, -0.15) is 0 Å². The molecule has 1 heteroatoms. The van der Waals surface area contributed by atoms with E-state index in [0.29, 0.717) is 23.5 Å². The van der Waals surface area contributed by atoms with Crippen molar-refractivity contribution in [3.8, 4) is 0 Å². The Labute approximate surface area is 116 Å². The summed E-state index contributed by atoms with van der Waals surface area (Å²) in [5, 5.41) is 0. The Morgan fingerprint density at radius 1 is 0.789 bits per heavy atom. The first-order valence-electron chi connectivity index (χ1n) is 7.56. The lowest BCUT2D eigenvalue weighted by atomic mass is 9.86. The van der Waals surface area contributed by atoms with E-state index >= 15 is 0 Å². The van der Waals surface area contributed by atoms with Crippen molar-refractivity contribution in [1.82, 2.24) is 0 Å². The zero-order valence-electron chi connectivity index (χ0n) is 12.8. The quantitative estimate of drug-likeness (QED) is 0.714. The molecule has 2 fully saturated rings. The number of ketones is 1. The molecule has 0 aromatic heterocycles. The molecule has 0 saturated heterocycles. The largest absolute Gasteiger partial charge is 0.294 e. The smallest absolute Gasteiger partial charge is 0.167 e. The molecular weight excluding hydrogens is 232 g/mol. The third kappa shape index (κ3) is 1.70. The van der Waals surface area contributed by atoms with E-state index in [2.05, 4.69) is 34.6 Å². The number of carbonyl (C=O) groups excluding carboxylic acids is 1. The van der Waals surface area contributed by atoms with Gasteiger partial charge in [-0.1, -0.05) is 6.42 Å². The van der Waals surface area contributed by atoms with E-state index in [1.54, 1.807) is 0 Å². The molecule has 3 rings (SSSR count). The Hall–Kier alpha value is -1.11. The summed E-state index contributed by atoms with van der Waals surface area (Å²) in [7, 11) is 0. The number of carbonyl (C=O) groups is 1. The molecule has 1 aromatic carbocycles. The van der Waals surface area contributed by atoms with E-state index in [4.69, 9.17) is 0 Å². The van der Waals surface area contributed by atoms with Gasteiger partial charge in [-0.3, -0.25) is 4.79 Å². The molecule has 0 spiro atoms. The maximum atomic E-state index is 12.9. The van der Waals surface area contributed by atoms with Crippen molar-refractivity contribution in [3.05, 3.63) is 33.4 Å². The summed E-state index contributed by atoms with van der Waals surface area (Å²) in [4.78, 5) is 12.9. The first-order valence-corrected chi connectivity index (χ1v) is 7.56. The van der Waals surface area contributed by atoms with Crippen molar-refractivity contribution in [2.75, 3.05) is 0 Å². The van der Waals surface area contributed by atoms with Gasteiger partial charge in [-0.05, 0) is 87.1 Å². The second kappa shape index (κ2) is 4.19. The molecule has 2 saturated carbocycles. The fourth-order valence-electron chi connectivity index (χ4n) is 4.25. The van der Waals surface area contributed by atoms with Crippen molar-refractivity contribution in [2.45, 2.75) is 53.9 Å². The third-order valence-corrected chi connectivity index (χ3v) is 5.96. The van der Waals surface area contributed by atoms with Crippen molar-refractivity contribution in [3.63, 3.8) is 0 Å². The first kappa shape index (κ1) is 12.9.